The Morgan fingerprint density at radius 1 is 0.929 bits per heavy atom. The first-order chi connectivity index (χ1) is 13.5. The van der Waals surface area contributed by atoms with E-state index in [0.29, 0.717) is 49.2 Å². The number of benzene rings is 2. The lowest BCUT2D eigenvalue weighted by molar-refractivity contribution is 0.0660. The molecule has 1 heterocycles. The molecule has 148 valence electrons. The van der Waals surface area contributed by atoms with Crippen LogP contribution in [-0.2, 0) is 6.42 Å². The van der Waals surface area contributed by atoms with Crippen molar-refractivity contribution in [2.75, 3.05) is 32.7 Å². The van der Waals surface area contributed by atoms with Crippen molar-refractivity contribution < 1.29 is 14.0 Å². The summed E-state index contributed by atoms with van der Waals surface area (Å²) in [5.41, 5.74) is 0.850. The summed E-state index contributed by atoms with van der Waals surface area (Å²) in [4.78, 5) is 28.0. The summed E-state index contributed by atoms with van der Waals surface area (Å²) in [6.07, 6.45) is 0.524. The first-order valence-electron chi connectivity index (χ1n) is 8.97. The van der Waals surface area contributed by atoms with Crippen molar-refractivity contribution in [1.82, 2.24) is 15.1 Å². The smallest absolute Gasteiger partial charge is 0.317 e. The van der Waals surface area contributed by atoms with Crippen LogP contribution in [0, 0.1) is 5.82 Å². The minimum Gasteiger partial charge on any atom is -0.338 e. The quantitative estimate of drug-likeness (QED) is 0.811. The molecule has 28 heavy (non-hydrogen) atoms. The van der Waals surface area contributed by atoms with E-state index in [0.717, 1.165) is 5.56 Å². The molecule has 8 heteroatoms. The first-order valence-corrected chi connectivity index (χ1v) is 9.72. The standard InChI is InChI=1S/C20H20Cl2FN3O2/c21-16-5-3-6-17(22)14(16)8-9-24-20(28)26-12-10-25(11-13-26)19(27)15-4-1-2-7-18(15)23/h1-7H,8-13H2,(H,24,28). The number of carbonyl (C=O) groups excluding carboxylic acids is 2. The van der Waals surface area contributed by atoms with Gasteiger partial charge in [0, 0.05) is 42.8 Å². The van der Waals surface area contributed by atoms with E-state index in [4.69, 9.17) is 23.2 Å². The van der Waals surface area contributed by atoms with Crippen LogP contribution < -0.4 is 5.32 Å². The molecule has 0 bridgehead atoms. The topological polar surface area (TPSA) is 52.7 Å². The maximum Gasteiger partial charge on any atom is 0.317 e. The summed E-state index contributed by atoms with van der Waals surface area (Å²) < 4.78 is 13.8. The average Bonchev–Trinajstić information content (AvgIpc) is 2.70. The van der Waals surface area contributed by atoms with Crippen molar-refractivity contribution in [2.45, 2.75) is 6.42 Å². The number of rotatable bonds is 4. The molecule has 0 aromatic heterocycles. The summed E-state index contributed by atoms with van der Waals surface area (Å²) in [6, 6.07) is 11.0. The Hall–Kier alpha value is -2.31. The van der Waals surface area contributed by atoms with Gasteiger partial charge in [0.25, 0.3) is 5.91 Å². The van der Waals surface area contributed by atoms with E-state index in [-0.39, 0.29) is 17.5 Å². The van der Waals surface area contributed by atoms with E-state index < -0.39 is 5.82 Å². The molecular formula is C20H20Cl2FN3O2. The molecule has 1 N–H and O–H groups in total. The number of urea groups is 1. The van der Waals surface area contributed by atoms with Crippen molar-refractivity contribution in [2.24, 2.45) is 0 Å². The van der Waals surface area contributed by atoms with Gasteiger partial charge < -0.3 is 15.1 Å². The number of nitrogens with zero attached hydrogens (tertiary/aromatic N) is 2. The van der Waals surface area contributed by atoms with E-state index in [9.17, 15) is 14.0 Å². The Morgan fingerprint density at radius 3 is 2.18 bits per heavy atom. The fraction of sp³-hybridized carbons (Fsp3) is 0.300. The van der Waals surface area contributed by atoms with Gasteiger partial charge >= 0.3 is 6.03 Å². The molecule has 5 nitrogen and oxygen atoms in total. The molecule has 1 saturated heterocycles. The lowest BCUT2D eigenvalue weighted by Gasteiger charge is -2.34. The second-order valence-corrected chi connectivity index (χ2v) is 7.26. The van der Waals surface area contributed by atoms with Crippen LogP contribution in [0.5, 0.6) is 0 Å². The molecular weight excluding hydrogens is 404 g/mol. The van der Waals surface area contributed by atoms with E-state index in [1.54, 1.807) is 40.1 Å². The predicted octanol–water partition coefficient (Wildman–Crippen LogP) is 3.84. The van der Waals surface area contributed by atoms with Crippen LogP contribution in [-0.4, -0.2) is 54.5 Å². The minimum atomic E-state index is -0.536. The number of halogens is 3. The maximum atomic E-state index is 13.8. The summed E-state index contributed by atoms with van der Waals surface area (Å²) in [6.45, 7) is 1.89. The largest absolute Gasteiger partial charge is 0.338 e. The summed E-state index contributed by atoms with van der Waals surface area (Å²) in [5.74, 6) is -0.891. The van der Waals surface area contributed by atoms with Crippen LogP contribution in [0.25, 0.3) is 0 Å². The van der Waals surface area contributed by atoms with Crippen LogP contribution in [0.15, 0.2) is 42.5 Å². The molecule has 0 radical (unpaired) electrons. The van der Waals surface area contributed by atoms with E-state index in [1.807, 2.05) is 0 Å². The average molecular weight is 424 g/mol. The van der Waals surface area contributed by atoms with Gasteiger partial charge in [0.05, 0.1) is 5.56 Å². The van der Waals surface area contributed by atoms with Crippen molar-refractivity contribution in [3.63, 3.8) is 0 Å². The number of carbonyl (C=O) groups is 2. The van der Waals surface area contributed by atoms with Crippen LogP contribution in [0.1, 0.15) is 15.9 Å². The molecule has 0 aliphatic carbocycles. The summed E-state index contributed by atoms with van der Waals surface area (Å²) >= 11 is 12.3. The molecule has 1 aliphatic rings. The zero-order valence-electron chi connectivity index (χ0n) is 15.1. The molecule has 3 rings (SSSR count). The third-order valence-electron chi connectivity index (χ3n) is 4.67. The third-order valence-corrected chi connectivity index (χ3v) is 5.38. The van der Waals surface area contributed by atoms with Gasteiger partial charge in [0.1, 0.15) is 5.82 Å². The van der Waals surface area contributed by atoms with Crippen LogP contribution in [0.2, 0.25) is 10.0 Å². The zero-order valence-corrected chi connectivity index (χ0v) is 16.6. The highest BCUT2D eigenvalue weighted by Gasteiger charge is 2.26. The van der Waals surface area contributed by atoms with Crippen LogP contribution in [0.4, 0.5) is 9.18 Å². The van der Waals surface area contributed by atoms with Crippen molar-refractivity contribution >= 4 is 35.1 Å². The molecule has 1 fully saturated rings. The Morgan fingerprint density at radius 2 is 1.54 bits per heavy atom. The summed E-state index contributed by atoms with van der Waals surface area (Å²) in [5, 5.41) is 3.99. The van der Waals surface area contributed by atoms with E-state index in [1.165, 1.54) is 12.1 Å². The fourth-order valence-corrected chi connectivity index (χ4v) is 3.68. The van der Waals surface area contributed by atoms with Gasteiger partial charge in [-0.15, -0.1) is 0 Å². The lowest BCUT2D eigenvalue weighted by atomic mass is 10.1. The van der Waals surface area contributed by atoms with Crippen molar-refractivity contribution in [3.8, 4) is 0 Å². The third kappa shape index (κ3) is 4.75. The first kappa shape index (κ1) is 20.4. The van der Waals surface area contributed by atoms with E-state index >= 15 is 0 Å². The lowest BCUT2D eigenvalue weighted by Crippen LogP contribution is -2.53. The Balaban J connectivity index is 1.47. The number of piperazine rings is 1. The number of amides is 3. The Kier molecular flexibility index (Phi) is 6.75. The second-order valence-electron chi connectivity index (χ2n) is 6.44. The molecule has 0 saturated carbocycles. The molecule has 0 spiro atoms. The van der Waals surface area contributed by atoms with Gasteiger partial charge in [0.15, 0.2) is 0 Å². The molecule has 3 amide bonds. The van der Waals surface area contributed by atoms with Crippen LogP contribution >= 0.6 is 23.2 Å². The minimum absolute atomic E-state index is 0.0528. The van der Waals surface area contributed by atoms with Gasteiger partial charge in [-0.25, -0.2) is 9.18 Å². The molecule has 0 unspecified atom stereocenters. The highest BCUT2D eigenvalue weighted by Crippen LogP contribution is 2.24. The Labute approximate surface area is 173 Å². The monoisotopic (exact) mass is 423 g/mol. The number of hydrogen-bond donors (Lipinski definition) is 1. The molecule has 2 aromatic rings. The van der Waals surface area contributed by atoms with Crippen molar-refractivity contribution in [3.05, 3.63) is 69.5 Å². The molecule has 1 aliphatic heterocycles. The van der Waals surface area contributed by atoms with E-state index in [2.05, 4.69) is 5.32 Å². The summed E-state index contributed by atoms with van der Waals surface area (Å²) in [7, 11) is 0. The number of nitrogens with one attached hydrogen (secondary N) is 1. The zero-order chi connectivity index (χ0) is 20.1. The second kappa shape index (κ2) is 9.26. The van der Waals surface area contributed by atoms with Crippen molar-refractivity contribution in [1.29, 1.82) is 0 Å². The fourth-order valence-electron chi connectivity index (χ4n) is 3.10. The Bertz CT molecular complexity index is 850. The normalized spacial score (nSPS) is 14.1. The number of hydrogen-bond acceptors (Lipinski definition) is 2. The SMILES string of the molecule is O=C(NCCc1c(Cl)cccc1Cl)N1CCN(C(=O)c2ccccc2F)CC1. The highest BCUT2D eigenvalue weighted by atomic mass is 35.5. The molecule has 0 atom stereocenters. The maximum absolute atomic E-state index is 13.8. The van der Waals surface area contributed by atoms with Gasteiger partial charge in [0.2, 0.25) is 0 Å². The highest BCUT2D eigenvalue weighted by molar-refractivity contribution is 6.36. The van der Waals surface area contributed by atoms with Gasteiger partial charge in [-0.05, 0) is 36.2 Å². The molecule has 2 aromatic carbocycles. The van der Waals surface area contributed by atoms with Crippen LogP contribution in [0.3, 0.4) is 0 Å². The van der Waals surface area contributed by atoms with Gasteiger partial charge in [-0.3, -0.25) is 4.79 Å². The predicted molar refractivity (Wildman–Crippen MR) is 107 cm³/mol. The van der Waals surface area contributed by atoms with Gasteiger partial charge in [-0.1, -0.05) is 41.4 Å². The van der Waals surface area contributed by atoms with Gasteiger partial charge in [-0.2, -0.15) is 0 Å².